The van der Waals surface area contributed by atoms with Crippen LogP contribution in [0.1, 0.15) is 22.3 Å². The van der Waals surface area contributed by atoms with E-state index in [1.54, 1.807) is 0 Å². The Labute approximate surface area is 373 Å². The molecular formula is C59H48N2Si2. The van der Waals surface area contributed by atoms with Gasteiger partial charge in [-0.05, 0) is 71.2 Å². The van der Waals surface area contributed by atoms with Crippen molar-refractivity contribution in [1.82, 2.24) is 0 Å². The lowest BCUT2D eigenvalue weighted by molar-refractivity contribution is 1.43. The summed E-state index contributed by atoms with van der Waals surface area (Å²) >= 11 is 0. The summed E-state index contributed by atoms with van der Waals surface area (Å²) in [5, 5.41) is 20.2. The molecule has 0 aliphatic heterocycles. The molecule has 63 heavy (non-hydrogen) atoms. The minimum atomic E-state index is -2.83. The van der Waals surface area contributed by atoms with Crippen LogP contribution < -0.4 is 41.5 Å². The molecule has 0 saturated carbocycles. The van der Waals surface area contributed by atoms with Crippen LogP contribution >= 0.6 is 0 Å². The zero-order chi connectivity index (χ0) is 42.9. The van der Waals surface area contributed by atoms with Gasteiger partial charge in [-0.2, -0.15) is 0 Å². The summed E-state index contributed by atoms with van der Waals surface area (Å²) in [6.07, 6.45) is 3.91. The lowest BCUT2D eigenvalue weighted by atomic mass is 10.1. The van der Waals surface area contributed by atoms with Gasteiger partial charge >= 0.3 is 0 Å². The normalized spacial score (nSPS) is 12.0. The van der Waals surface area contributed by atoms with E-state index in [1.165, 1.54) is 41.5 Å². The number of nitrogens with zero attached hydrogens (tertiary/aromatic N) is 1. The number of hydrogen-bond donors (Lipinski definition) is 1. The number of aryl methyl sites for hydroxylation is 1. The van der Waals surface area contributed by atoms with Gasteiger partial charge in [-0.25, -0.2) is 0 Å². The first-order chi connectivity index (χ1) is 31.1. The van der Waals surface area contributed by atoms with Gasteiger partial charge in [-0.1, -0.05) is 255 Å². The lowest BCUT2D eigenvalue weighted by Gasteiger charge is -2.34. The van der Waals surface area contributed by atoms with Crippen LogP contribution in [0.3, 0.4) is 0 Å². The van der Waals surface area contributed by atoms with Crippen molar-refractivity contribution in [3.8, 4) is 0 Å². The smallest absolute Gasteiger partial charge is 0.179 e. The van der Waals surface area contributed by atoms with E-state index in [0.29, 0.717) is 5.71 Å². The molecule has 0 spiro atoms. The lowest BCUT2D eigenvalue weighted by Crippen LogP contribution is -2.74. The Morgan fingerprint density at radius 2 is 0.683 bits per heavy atom. The second-order valence-corrected chi connectivity index (χ2v) is 23.5. The molecule has 0 heterocycles. The van der Waals surface area contributed by atoms with Gasteiger partial charge in [0.2, 0.25) is 0 Å². The summed E-state index contributed by atoms with van der Waals surface area (Å²) in [4.78, 5) is 5.27. The Morgan fingerprint density at radius 1 is 0.365 bits per heavy atom. The summed E-state index contributed by atoms with van der Waals surface area (Å²) in [5.41, 5.74) is 5.11. The maximum Gasteiger partial charge on any atom is 0.179 e. The number of benzene rings is 9. The summed E-state index contributed by atoms with van der Waals surface area (Å²) < 4.78 is 0. The highest BCUT2D eigenvalue weighted by Crippen LogP contribution is 2.21. The van der Waals surface area contributed by atoms with E-state index in [9.17, 15) is 5.41 Å². The van der Waals surface area contributed by atoms with Crippen LogP contribution in [0.5, 0.6) is 0 Å². The molecule has 302 valence electrons. The predicted molar refractivity (Wildman–Crippen MR) is 274 cm³/mol. The van der Waals surface area contributed by atoms with Crippen molar-refractivity contribution in [3.63, 3.8) is 0 Å². The monoisotopic (exact) mass is 840 g/mol. The zero-order valence-corrected chi connectivity index (χ0v) is 37.4. The first-order valence-electron chi connectivity index (χ1n) is 21.5. The fourth-order valence-electron chi connectivity index (χ4n) is 9.25. The molecule has 9 aromatic rings. The quantitative estimate of drug-likeness (QED) is 0.0690. The minimum Gasteiger partial charge on any atom is -0.300 e. The van der Waals surface area contributed by atoms with Gasteiger partial charge in [0, 0.05) is 11.8 Å². The molecule has 0 saturated heterocycles. The predicted octanol–water partition coefficient (Wildman–Crippen LogP) is 8.28. The Kier molecular flexibility index (Phi) is 12.1. The maximum absolute atomic E-state index is 9.90. The van der Waals surface area contributed by atoms with Gasteiger partial charge in [0.1, 0.15) is 0 Å². The third kappa shape index (κ3) is 8.06. The van der Waals surface area contributed by atoms with Gasteiger partial charge in [0.25, 0.3) is 0 Å². The molecule has 0 amide bonds. The van der Waals surface area contributed by atoms with Crippen molar-refractivity contribution in [2.75, 3.05) is 0 Å². The maximum atomic E-state index is 9.90. The molecule has 9 rings (SSSR count). The van der Waals surface area contributed by atoms with Gasteiger partial charge in [-0.3, -0.25) is 4.99 Å². The first kappa shape index (κ1) is 40.9. The number of aliphatic imine (C=N–C) groups is 1. The van der Waals surface area contributed by atoms with Crippen LogP contribution in [0.15, 0.2) is 266 Å². The Morgan fingerprint density at radius 3 is 1.06 bits per heavy atom. The van der Waals surface area contributed by atoms with Crippen molar-refractivity contribution in [1.29, 1.82) is 5.41 Å². The van der Waals surface area contributed by atoms with Crippen molar-refractivity contribution in [3.05, 3.63) is 283 Å². The Hall–Kier alpha value is -7.51. The fourth-order valence-corrected chi connectivity index (χ4v) is 18.8. The van der Waals surface area contributed by atoms with Crippen LogP contribution in [-0.4, -0.2) is 28.1 Å². The average Bonchev–Trinajstić information content (AvgIpc) is 3.36. The summed E-state index contributed by atoms with van der Waals surface area (Å²) in [6.45, 7) is 2.11. The van der Waals surface area contributed by atoms with Crippen molar-refractivity contribution in [2.24, 2.45) is 4.99 Å². The Balaban J connectivity index is 1.23. The van der Waals surface area contributed by atoms with Crippen LogP contribution in [0.25, 0.3) is 5.70 Å². The van der Waals surface area contributed by atoms with Crippen LogP contribution in [0, 0.1) is 12.3 Å². The van der Waals surface area contributed by atoms with E-state index in [-0.39, 0.29) is 0 Å². The molecule has 0 radical (unpaired) electrons. The van der Waals surface area contributed by atoms with E-state index in [2.05, 4.69) is 256 Å². The molecule has 9 aromatic carbocycles. The molecule has 0 aliphatic carbocycles. The van der Waals surface area contributed by atoms with Crippen LogP contribution in [0.4, 0.5) is 0 Å². The standard InChI is InChI=1S/C59H48N2Si2/c1-46-24-20-21-25-49(46)45-61-59(48-27-23-41-57(43-48)63(53-34-14-5-15-35-53,54-36-16-6-17-37-54)55-38-18-7-19-39-55)44-58(60)47-26-22-40-56(42-47)62(50-28-8-2-9-29-50,51-30-10-3-11-31-51)52-32-12-4-13-33-52/h2-45,60H,1H3/b59-44-,60-58?,61-45?. The molecular weight excluding hydrogens is 793 g/mol. The van der Waals surface area contributed by atoms with Gasteiger partial charge in [0.05, 0.1) is 11.4 Å². The number of rotatable bonds is 13. The summed E-state index contributed by atoms with van der Waals surface area (Å²) in [5.74, 6) is 0. The highest BCUT2D eigenvalue weighted by molar-refractivity contribution is 7.20. The van der Waals surface area contributed by atoms with Crippen LogP contribution in [-0.2, 0) is 0 Å². The number of hydrogen-bond acceptors (Lipinski definition) is 2. The van der Waals surface area contributed by atoms with Crippen LogP contribution in [0.2, 0.25) is 0 Å². The van der Waals surface area contributed by atoms with E-state index < -0.39 is 16.1 Å². The number of allylic oxidation sites excluding steroid dienone is 1. The van der Waals surface area contributed by atoms with Crippen molar-refractivity contribution >= 4 is 75.3 Å². The molecule has 0 aromatic heterocycles. The van der Waals surface area contributed by atoms with Crippen molar-refractivity contribution < 1.29 is 0 Å². The van der Waals surface area contributed by atoms with Gasteiger partial charge < -0.3 is 5.41 Å². The largest absolute Gasteiger partial charge is 0.300 e. The minimum absolute atomic E-state index is 0.397. The molecule has 0 bridgehead atoms. The third-order valence-corrected chi connectivity index (χ3v) is 21.8. The molecule has 2 nitrogen and oxygen atoms in total. The third-order valence-electron chi connectivity index (χ3n) is 12.3. The average molecular weight is 841 g/mol. The first-order valence-corrected chi connectivity index (χ1v) is 25.5. The molecule has 0 atom stereocenters. The highest BCUT2D eigenvalue weighted by atomic mass is 28.3. The van der Waals surface area contributed by atoms with Gasteiger partial charge in [0.15, 0.2) is 16.1 Å². The zero-order valence-electron chi connectivity index (χ0n) is 35.4. The molecule has 0 aliphatic rings. The van der Waals surface area contributed by atoms with E-state index in [4.69, 9.17) is 4.99 Å². The SMILES string of the molecule is Cc1ccccc1C=N/C(=C\C(=N)c1cccc([Si](c2ccccc2)(c2ccccc2)c2ccccc2)c1)c1cccc([Si](c2ccccc2)(c2ccccc2)c2ccccc2)c1. The Bertz CT molecular complexity index is 2810. The van der Waals surface area contributed by atoms with E-state index in [1.807, 2.05) is 18.4 Å². The second-order valence-electron chi connectivity index (χ2n) is 15.9. The molecule has 0 unspecified atom stereocenters. The van der Waals surface area contributed by atoms with Crippen molar-refractivity contribution in [2.45, 2.75) is 6.92 Å². The number of nitrogens with one attached hydrogen (secondary N) is 1. The van der Waals surface area contributed by atoms with E-state index in [0.717, 1.165) is 28.0 Å². The topological polar surface area (TPSA) is 36.2 Å². The van der Waals surface area contributed by atoms with E-state index >= 15 is 0 Å². The second kappa shape index (κ2) is 18.6. The highest BCUT2D eigenvalue weighted by Gasteiger charge is 2.42. The summed E-state index contributed by atoms with van der Waals surface area (Å²) in [7, 11) is -5.64. The fraction of sp³-hybridized carbons (Fsp3) is 0.0169. The van der Waals surface area contributed by atoms with Gasteiger partial charge in [-0.15, -0.1) is 0 Å². The molecule has 1 N–H and O–H groups in total. The molecule has 4 heteroatoms. The summed E-state index contributed by atoms with van der Waals surface area (Å²) in [6, 6.07) is 91.8. The molecule has 0 fully saturated rings.